The molecule has 154 valence electrons. The van der Waals surface area contributed by atoms with Gasteiger partial charge in [0.05, 0.1) is 33.1 Å². The van der Waals surface area contributed by atoms with E-state index in [1.165, 1.54) is 68.7 Å². The van der Waals surface area contributed by atoms with E-state index in [1.54, 1.807) is 0 Å². The number of ether oxygens (including phenoxy) is 3. The number of benzene rings is 2. The summed E-state index contributed by atoms with van der Waals surface area (Å²) in [4.78, 5) is 14.7. The van der Waals surface area contributed by atoms with Crippen LogP contribution in [-0.2, 0) is 9.84 Å². The van der Waals surface area contributed by atoms with Crippen LogP contribution in [-0.4, -0.2) is 47.4 Å². The molecule has 0 bridgehead atoms. The minimum atomic E-state index is -3.43. The normalized spacial score (nSPS) is 17.0. The fourth-order valence-electron chi connectivity index (χ4n) is 3.12. The molecule has 1 amide bonds. The zero-order valence-corrected chi connectivity index (χ0v) is 16.9. The van der Waals surface area contributed by atoms with E-state index in [9.17, 15) is 17.6 Å². The Morgan fingerprint density at radius 3 is 2.07 bits per heavy atom. The molecule has 0 unspecified atom stereocenters. The monoisotopic (exact) mass is 421 g/mol. The van der Waals surface area contributed by atoms with Gasteiger partial charge in [-0.2, -0.15) is 0 Å². The van der Waals surface area contributed by atoms with Crippen LogP contribution in [0, 0.1) is 5.82 Å². The molecule has 2 aromatic rings. The predicted octanol–water partition coefficient (Wildman–Crippen LogP) is 2.81. The number of anilines is 1. The van der Waals surface area contributed by atoms with Crippen molar-refractivity contribution in [1.29, 1.82) is 0 Å². The second kappa shape index (κ2) is 8.12. The average molecular weight is 421 g/mol. The molecule has 1 atom stereocenters. The summed E-state index contributed by atoms with van der Waals surface area (Å²) in [5.41, 5.74) is 0.554. The third-order valence-electron chi connectivity index (χ3n) is 4.48. The maximum absolute atomic E-state index is 13.4. The Hall–Kier alpha value is -3.07. The summed E-state index contributed by atoms with van der Waals surface area (Å²) in [5, 5.41) is 1.08. The van der Waals surface area contributed by atoms with Gasteiger partial charge < -0.3 is 19.1 Å². The van der Waals surface area contributed by atoms with Gasteiger partial charge in [0, 0.05) is 16.7 Å². The average Bonchev–Trinajstić information content (AvgIpc) is 3.07. The first-order valence-electron chi connectivity index (χ1n) is 8.59. The van der Waals surface area contributed by atoms with E-state index >= 15 is 0 Å². The number of amides is 1. The standard InChI is InChI=1S/C20H20FNO6S/c1-26-17-10-13(11-18(27-2)19(17)28-3)20(23)22(15-6-4-14(21)5-7-15)16-8-9-29(24,25)12-16/h4-11,16H,12H2,1-3H3/t16-/m1/s1. The molecule has 0 saturated heterocycles. The first-order valence-corrected chi connectivity index (χ1v) is 10.3. The SMILES string of the molecule is COc1cc(C(=O)N(c2ccc(F)cc2)[C@@H]2C=CS(=O)(=O)C2)cc(OC)c1OC. The van der Waals surface area contributed by atoms with Crippen molar-refractivity contribution in [2.75, 3.05) is 32.0 Å². The molecule has 0 aromatic heterocycles. The number of hydrogen-bond donors (Lipinski definition) is 0. The molecule has 3 rings (SSSR count). The minimum Gasteiger partial charge on any atom is -0.493 e. The highest BCUT2D eigenvalue weighted by molar-refractivity contribution is 7.94. The maximum Gasteiger partial charge on any atom is 0.259 e. The smallest absolute Gasteiger partial charge is 0.259 e. The van der Waals surface area contributed by atoms with Crippen LogP contribution in [0.4, 0.5) is 10.1 Å². The van der Waals surface area contributed by atoms with E-state index in [-0.39, 0.29) is 22.8 Å². The van der Waals surface area contributed by atoms with Crippen LogP contribution in [0.2, 0.25) is 0 Å². The maximum atomic E-state index is 13.4. The van der Waals surface area contributed by atoms with Gasteiger partial charge in [-0.3, -0.25) is 4.79 Å². The zero-order valence-electron chi connectivity index (χ0n) is 16.1. The first kappa shape index (κ1) is 20.7. The number of hydrogen-bond acceptors (Lipinski definition) is 6. The van der Waals surface area contributed by atoms with Gasteiger partial charge in [0.15, 0.2) is 21.3 Å². The molecule has 0 aliphatic carbocycles. The molecule has 1 aliphatic heterocycles. The van der Waals surface area contributed by atoms with Crippen molar-refractivity contribution in [1.82, 2.24) is 0 Å². The van der Waals surface area contributed by atoms with Crippen molar-refractivity contribution in [3.8, 4) is 17.2 Å². The topological polar surface area (TPSA) is 82.1 Å². The van der Waals surface area contributed by atoms with Gasteiger partial charge >= 0.3 is 0 Å². The largest absolute Gasteiger partial charge is 0.493 e. The van der Waals surface area contributed by atoms with Crippen LogP contribution < -0.4 is 19.1 Å². The van der Waals surface area contributed by atoms with Crippen LogP contribution in [0.15, 0.2) is 47.9 Å². The Kier molecular flexibility index (Phi) is 5.78. The molecule has 0 radical (unpaired) electrons. The molecule has 0 N–H and O–H groups in total. The highest BCUT2D eigenvalue weighted by Gasteiger charge is 2.33. The van der Waals surface area contributed by atoms with Crippen LogP contribution in [0.25, 0.3) is 0 Å². The number of rotatable bonds is 6. The van der Waals surface area contributed by atoms with Gasteiger partial charge in [0.1, 0.15) is 5.82 Å². The van der Waals surface area contributed by atoms with Crippen LogP contribution in [0.1, 0.15) is 10.4 Å². The fourth-order valence-corrected chi connectivity index (χ4v) is 4.39. The highest BCUT2D eigenvalue weighted by Crippen LogP contribution is 2.39. The number of halogens is 1. The molecular weight excluding hydrogens is 401 g/mol. The van der Waals surface area contributed by atoms with E-state index in [4.69, 9.17) is 14.2 Å². The van der Waals surface area contributed by atoms with Gasteiger partial charge in [-0.25, -0.2) is 12.8 Å². The van der Waals surface area contributed by atoms with Gasteiger partial charge in [-0.05, 0) is 42.5 Å². The fraction of sp³-hybridized carbons (Fsp3) is 0.250. The van der Waals surface area contributed by atoms with Crippen molar-refractivity contribution in [2.45, 2.75) is 6.04 Å². The number of nitrogens with zero attached hydrogens (tertiary/aromatic N) is 1. The van der Waals surface area contributed by atoms with E-state index in [2.05, 4.69) is 0 Å². The Morgan fingerprint density at radius 1 is 1.03 bits per heavy atom. The summed E-state index contributed by atoms with van der Waals surface area (Å²) in [6.45, 7) is 0. The molecular formula is C20H20FNO6S. The van der Waals surface area contributed by atoms with Crippen molar-refractivity contribution >= 4 is 21.4 Å². The second-order valence-electron chi connectivity index (χ2n) is 6.29. The van der Waals surface area contributed by atoms with Crippen molar-refractivity contribution < 1.29 is 31.8 Å². The van der Waals surface area contributed by atoms with Crippen molar-refractivity contribution in [3.63, 3.8) is 0 Å². The molecule has 0 fully saturated rings. The molecule has 2 aromatic carbocycles. The summed E-state index contributed by atoms with van der Waals surface area (Å²) in [5.74, 6) is -0.345. The summed E-state index contributed by atoms with van der Waals surface area (Å²) in [7, 11) is 0.871. The minimum absolute atomic E-state index is 0.196. The molecule has 29 heavy (non-hydrogen) atoms. The lowest BCUT2D eigenvalue weighted by molar-refractivity contribution is 0.0982. The Morgan fingerprint density at radius 2 is 1.62 bits per heavy atom. The number of carbonyl (C=O) groups excluding carboxylic acids is 1. The van der Waals surface area contributed by atoms with Gasteiger partial charge in [0.25, 0.3) is 5.91 Å². The van der Waals surface area contributed by atoms with Gasteiger partial charge in [0.2, 0.25) is 5.75 Å². The summed E-state index contributed by atoms with van der Waals surface area (Å²) < 4.78 is 53.1. The number of methoxy groups -OCH3 is 3. The van der Waals surface area contributed by atoms with E-state index in [1.807, 2.05) is 0 Å². The van der Waals surface area contributed by atoms with E-state index in [0.717, 1.165) is 5.41 Å². The van der Waals surface area contributed by atoms with Crippen molar-refractivity contribution in [2.24, 2.45) is 0 Å². The second-order valence-corrected chi connectivity index (χ2v) is 8.22. The van der Waals surface area contributed by atoms with Crippen LogP contribution in [0.5, 0.6) is 17.2 Å². The zero-order chi connectivity index (χ0) is 21.2. The van der Waals surface area contributed by atoms with E-state index < -0.39 is 27.6 Å². The highest BCUT2D eigenvalue weighted by atomic mass is 32.2. The molecule has 0 spiro atoms. The van der Waals surface area contributed by atoms with E-state index in [0.29, 0.717) is 11.4 Å². The first-order chi connectivity index (χ1) is 13.8. The number of sulfone groups is 1. The predicted molar refractivity (Wildman–Crippen MR) is 106 cm³/mol. The van der Waals surface area contributed by atoms with Gasteiger partial charge in [-0.1, -0.05) is 0 Å². The summed E-state index contributed by atoms with van der Waals surface area (Å²) >= 11 is 0. The Labute approximate surface area is 168 Å². The number of carbonyl (C=O) groups is 1. The third-order valence-corrected chi connectivity index (χ3v) is 5.86. The molecule has 1 aliphatic rings. The lowest BCUT2D eigenvalue weighted by Gasteiger charge is -2.28. The molecule has 7 nitrogen and oxygen atoms in total. The Balaban J connectivity index is 2.10. The quantitative estimate of drug-likeness (QED) is 0.713. The van der Waals surface area contributed by atoms with Crippen molar-refractivity contribution in [3.05, 3.63) is 59.3 Å². The Bertz CT molecular complexity index is 1020. The van der Waals surface area contributed by atoms with Crippen LogP contribution in [0.3, 0.4) is 0 Å². The van der Waals surface area contributed by atoms with Gasteiger partial charge in [-0.15, -0.1) is 0 Å². The summed E-state index contributed by atoms with van der Waals surface area (Å²) in [6.07, 6.45) is 1.44. The third kappa shape index (κ3) is 4.19. The van der Waals surface area contributed by atoms with Crippen LogP contribution >= 0.6 is 0 Å². The molecule has 0 saturated carbocycles. The molecule has 9 heteroatoms. The lowest BCUT2D eigenvalue weighted by atomic mass is 10.1. The molecule has 1 heterocycles. The lowest BCUT2D eigenvalue weighted by Crippen LogP contribution is -2.41. The summed E-state index contributed by atoms with van der Waals surface area (Å²) in [6, 6.07) is 7.47.